The van der Waals surface area contributed by atoms with Crippen LogP contribution in [-0.4, -0.2) is 30.4 Å². The molecule has 0 spiro atoms. The van der Waals surface area contributed by atoms with E-state index in [1.54, 1.807) is 22.8 Å². The molecular weight excluding hydrogens is 392 g/mol. The number of imidazole rings is 1. The van der Waals surface area contributed by atoms with E-state index in [9.17, 15) is 14.7 Å². The Bertz CT molecular complexity index is 1100. The monoisotopic (exact) mass is 406 g/mol. The maximum atomic E-state index is 12.1. The molecule has 0 amide bonds. The van der Waals surface area contributed by atoms with Gasteiger partial charge < -0.3 is 9.67 Å². The van der Waals surface area contributed by atoms with E-state index < -0.39 is 11.2 Å². The number of benzene rings is 1. The SMILES string of the molecule is CCn1c(N/N=C/c2cc(Br)ccc2O)nc2c1c(=O)[nH]c(=O)n2C. The number of fused-ring (bicyclic) bond motifs is 1. The zero-order valence-electron chi connectivity index (χ0n) is 13.4. The lowest BCUT2D eigenvalue weighted by Gasteiger charge is -2.04. The number of aryl methyl sites for hydroxylation is 2. The third kappa shape index (κ3) is 3.07. The Kier molecular flexibility index (Phi) is 4.45. The van der Waals surface area contributed by atoms with Gasteiger partial charge in [-0.1, -0.05) is 15.9 Å². The Hall–Kier alpha value is -2.88. The molecule has 0 aliphatic rings. The summed E-state index contributed by atoms with van der Waals surface area (Å²) in [7, 11) is 1.53. The molecule has 0 saturated carbocycles. The normalized spacial score (nSPS) is 11.5. The van der Waals surface area contributed by atoms with Crippen LogP contribution in [0, 0.1) is 0 Å². The van der Waals surface area contributed by atoms with Gasteiger partial charge >= 0.3 is 5.69 Å². The molecule has 9 nitrogen and oxygen atoms in total. The van der Waals surface area contributed by atoms with Crippen molar-refractivity contribution in [3.8, 4) is 5.75 Å². The second-order valence-electron chi connectivity index (χ2n) is 5.24. The van der Waals surface area contributed by atoms with Crippen molar-refractivity contribution in [2.24, 2.45) is 12.1 Å². The van der Waals surface area contributed by atoms with Crippen LogP contribution in [-0.2, 0) is 13.6 Å². The Morgan fingerprint density at radius 1 is 1.44 bits per heavy atom. The molecule has 1 aromatic carbocycles. The Labute approximate surface area is 149 Å². The van der Waals surface area contributed by atoms with E-state index in [1.165, 1.54) is 17.8 Å². The number of aromatic nitrogens is 4. The fourth-order valence-corrected chi connectivity index (χ4v) is 2.79. The van der Waals surface area contributed by atoms with Gasteiger partial charge in [0.1, 0.15) is 5.75 Å². The number of anilines is 1. The fraction of sp³-hybridized carbons (Fsp3) is 0.200. The summed E-state index contributed by atoms with van der Waals surface area (Å²) in [4.78, 5) is 30.3. The lowest BCUT2D eigenvalue weighted by molar-refractivity contribution is 0.474. The van der Waals surface area contributed by atoms with Gasteiger partial charge in [0.05, 0.1) is 6.21 Å². The van der Waals surface area contributed by atoms with E-state index in [1.807, 2.05) is 6.92 Å². The van der Waals surface area contributed by atoms with Crippen molar-refractivity contribution in [1.29, 1.82) is 0 Å². The minimum Gasteiger partial charge on any atom is -0.507 e. The molecule has 2 heterocycles. The number of H-pyrrole nitrogens is 1. The van der Waals surface area contributed by atoms with Crippen LogP contribution in [0.4, 0.5) is 5.95 Å². The van der Waals surface area contributed by atoms with Crippen LogP contribution in [0.25, 0.3) is 11.2 Å². The molecule has 10 heteroatoms. The molecule has 0 aliphatic heterocycles. The number of aromatic hydroxyl groups is 1. The standard InChI is InChI=1S/C15H15BrN6O3/c1-3-22-11-12(21(2)15(25)19-13(11)24)18-14(22)20-17-7-8-6-9(16)4-5-10(8)23/h4-7,23H,3H2,1-2H3,(H,18,20)(H,19,24,25)/b17-7+. The highest BCUT2D eigenvalue weighted by molar-refractivity contribution is 9.10. The zero-order valence-corrected chi connectivity index (χ0v) is 15.0. The number of halogens is 1. The van der Waals surface area contributed by atoms with Gasteiger partial charge in [0.2, 0.25) is 5.95 Å². The minimum atomic E-state index is -0.535. The zero-order chi connectivity index (χ0) is 18.1. The summed E-state index contributed by atoms with van der Waals surface area (Å²) >= 11 is 3.32. The summed E-state index contributed by atoms with van der Waals surface area (Å²) in [6, 6.07) is 4.96. The van der Waals surface area contributed by atoms with E-state index in [4.69, 9.17) is 0 Å². The van der Waals surface area contributed by atoms with Gasteiger partial charge in [0.25, 0.3) is 5.56 Å². The van der Waals surface area contributed by atoms with E-state index in [-0.39, 0.29) is 16.9 Å². The highest BCUT2D eigenvalue weighted by atomic mass is 79.9. The predicted octanol–water partition coefficient (Wildman–Crippen LogP) is 1.36. The van der Waals surface area contributed by atoms with Gasteiger partial charge in [-0.05, 0) is 25.1 Å². The van der Waals surface area contributed by atoms with Crippen molar-refractivity contribution in [1.82, 2.24) is 19.1 Å². The van der Waals surface area contributed by atoms with Crippen LogP contribution >= 0.6 is 15.9 Å². The number of aromatic amines is 1. The quantitative estimate of drug-likeness (QED) is 0.446. The maximum Gasteiger partial charge on any atom is 0.329 e. The second kappa shape index (κ2) is 6.55. The molecule has 0 unspecified atom stereocenters. The number of hydrazone groups is 1. The van der Waals surface area contributed by atoms with Crippen LogP contribution in [0.5, 0.6) is 5.75 Å². The molecular formula is C15H15BrN6O3. The third-order valence-electron chi connectivity index (χ3n) is 3.68. The average molecular weight is 407 g/mol. The number of rotatable bonds is 4. The summed E-state index contributed by atoms with van der Waals surface area (Å²) < 4.78 is 3.68. The lowest BCUT2D eigenvalue weighted by atomic mass is 10.2. The topological polar surface area (TPSA) is 117 Å². The van der Waals surface area contributed by atoms with Gasteiger partial charge in [-0.2, -0.15) is 10.1 Å². The molecule has 0 saturated heterocycles. The molecule has 0 bridgehead atoms. The molecule has 3 rings (SSSR count). The number of hydrogen-bond acceptors (Lipinski definition) is 6. The van der Waals surface area contributed by atoms with Gasteiger partial charge in [0, 0.05) is 23.6 Å². The predicted molar refractivity (Wildman–Crippen MR) is 98.3 cm³/mol. The van der Waals surface area contributed by atoms with Crippen LogP contribution in [0.3, 0.4) is 0 Å². The van der Waals surface area contributed by atoms with Crippen LogP contribution in [0.1, 0.15) is 12.5 Å². The summed E-state index contributed by atoms with van der Waals surface area (Å²) in [6.45, 7) is 2.30. The van der Waals surface area contributed by atoms with Crippen molar-refractivity contribution in [3.05, 3.63) is 49.1 Å². The molecule has 3 N–H and O–H groups in total. The van der Waals surface area contributed by atoms with Gasteiger partial charge in [-0.25, -0.2) is 10.2 Å². The van der Waals surface area contributed by atoms with E-state index >= 15 is 0 Å². The van der Waals surface area contributed by atoms with Gasteiger partial charge in [0.15, 0.2) is 11.2 Å². The largest absolute Gasteiger partial charge is 0.507 e. The Morgan fingerprint density at radius 3 is 2.92 bits per heavy atom. The number of phenolic OH excluding ortho intramolecular Hbond substituents is 1. The van der Waals surface area contributed by atoms with Crippen molar-refractivity contribution < 1.29 is 5.11 Å². The summed E-state index contributed by atoms with van der Waals surface area (Å²) in [5, 5.41) is 13.9. The molecule has 0 fully saturated rings. The van der Waals surface area contributed by atoms with E-state index in [2.05, 4.69) is 36.4 Å². The van der Waals surface area contributed by atoms with Crippen molar-refractivity contribution in [2.75, 3.05) is 5.43 Å². The van der Waals surface area contributed by atoms with Crippen LogP contribution in [0.2, 0.25) is 0 Å². The van der Waals surface area contributed by atoms with Crippen molar-refractivity contribution in [2.45, 2.75) is 13.5 Å². The third-order valence-corrected chi connectivity index (χ3v) is 4.17. The molecule has 2 aromatic heterocycles. The lowest BCUT2D eigenvalue weighted by Crippen LogP contribution is -2.29. The van der Waals surface area contributed by atoms with Crippen LogP contribution in [0.15, 0.2) is 37.4 Å². The highest BCUT2D eigenvalue weighted by Gasteiger charge is 2.15. The molecule has 25 heavy (non-hydrogen) atoms. The highest BCUT2D eigenvalue weighted by Crippen LogP contribution is 2.20. The Balaban J connectivity index is 2.02. The fourth-order valence-electron chi connectivity index (χ4n) is 2.42. The number of nitrogens with zero attached hydrogens (tertiary/aromatic N) is 4. The first kappa shape index (κ1) is 17.0. The number of hydrogen-bond donors (Lipinski definition) is 3. The summed E-state index contributed by atoms with van der Waals surface area (Å²) in [6.07, 6.45) is 1.43. The van der Waals surface area contributed by atoms with E-state index in [0.29, 0.717) is 18.1 Å². The first-order valence-corrected chi connectivity index (χ1v) is 8.18. The smallest absolute Gasteiger partial charge is 0.329 e. The number of phenols is 1. The second-order valence-corrected chi connectivity index (χ2v) is 6.16. The van der Waals surface area contributed by atoms with Crippen molar-refractivity contribution in [3.63, 3.8) is 0 Å². The molecule has 0 radical (unpaired) electrons. The van der Waals surface area contributed by atoms with Crippen molar-refractivity contribution >= 4 is 39.3 Å². The first-order valence-electron chi connectivity index (χ1n) is 7.39. The Morgan fingerprint density at radius 2 is 2.20 bits per heavy atom. The molecule has 130 valence electrons. The van der Waals surface area contributed by atoms with Gasteiger partial charge in [-0.3, -0.25) is 14.3 Å². The maximum absolute atomic E-state index is 12.1. The molecule has 3 aromatic rings. The molecule has 0 atom stereocenters. The number of nitrogens with one attached hydrogen (secondary N) is 2. The summed E-state index contributed by atoms with van der Waals surface area (Å²) in [5.74, 6) is 0.395. The summed E-state index contributed by atoms with van der Waals surface area (Å²) in [5.41, 5.74) is 2.76. The average Bonchev–Trinajstić information content (AvgIpc) is 2.95. The first-order chi connectivity index (χ1) is 11.9. The van der Waals surface area contributed by atoms with E-state index in [0.717, 1.165) is 4.47 Å². The minimum absolute atomic E-state index is 0.0802. The van der Waals surface area contributed by atoms with Gasteiger partial charge in [-0.15, -0.1) is 0 Å². The van der Waals surface area contributed by atoms with Crippen LogP contribution < -0.4 is 16.7 Å². The molecule has 0 aliphatic carbocycles.